The van der Waals surface area contributed by atoms with Gasteiger partial charge in [0.05, 0.1) is 24.0 Å². The smallest absolute Gasteiger partial charge is 0.257 e. The lowest BCUT2D eigenvalue weighted by molar-refractivity contribution is -0.0629. The number of amides is 1. The highest BCUT2D eigenvalue weighted by atomic mass is 16.5. The van der Waals surface area contributed by atoms with Crippen LogP contribution in [0.5, 0.6) is 0 Å². The highest BCUT2D eigenvalue weighted by molar-refractivity contribution is 5.93. The lowest BCUT2D eigenvalue weighted by atomic mass is 10.0. The van der Waals surface area contributed by atoms with E-state index in [0.717, 1.165) is 65.0 Å². The number of ether oxygens (including phenoxy) is 1. The van der Waals surface area contributed by atoms with E-state index in [0.29, 0.717) is 11.7 Å². The van der Waals surface area contributed by atoms with Crippen LogP contribution in [0, 0.1) is 0 Å². The molecule has 2 aliphatic heterocycles. The summed E-state index contributed by atoms with van der Waals surface area (Å²) < 4.78 is 8.20. The van der Waals surface area contributed by atoms with E-state index in [-0.39, 0.29) is 12.0 Å². The third kappa shape index (κ3) is 5.25. The Kier molecular flexibility index (Phi) is 6.62. The molecule has 1 aromatic carbocycles. The molecule has 0 atom stereocenters. The van der Waals surface area contributed by atoms with Crippen LogP contribution in [0.1, 0.15) is 48.5 Å². The van der Waals surface area contributed by atoms with Gasteiger partial charge in [0.1, 0.15) is 0 Å². The van der Waals surface area contributed by atoms with Crippen LogP contribution in [0.15, 0.2) is 42.7 Å². The number of carbonyl (C=O) groups excluding carboxylic acids is 1. The van der Waals surface area contributed by atoms with E-state index in [1.165, 1.54) is 5.56 Å². The number of rotatable bonds is 6. The van der Waals surface area contributed by atoms with Gasteiger partial charge in [0.15, 0.2) is 0 Å². The van der Waals surface area contributed by atoms with Gasteiger partial charge >= 0.3 is 0 Å². The molecule has 4 rings (SSSR count). The Hall–Kier alpha value is -2.18. The van der Waals surface area contributed by atoms with Gasteiger partial charge in [0.2, 0.25) is 0 Å². The Balaban J connectivity index is 1.18. The summed E-state index contributed by atoms with van der Waals surface area (Å²) in [6, 6.07) is 10.7. The molecule has 156 valence electrons. The van der Waals surface area contributed by atoms with Gasteiger partial charge in [-0.15, -0.1) is 0 Å². The first-order valence-corrected chi connectivity index (χ1v) is 10.9. The molecule has 1 aromatic heterocycles. The van der Waals surface area contributed by atoms with Crippen molar-refractivity contribution in [3.8, 4) is 0 Å². The Morgan fingerprint density at radius 1 is 1.03 bits per heavy atom. The summed E-state index contributed by atoms with van der Waals surface area (Å²) in [6.07, 6.45) is 8.21. The highest BCUT2D eigenvalue weighted by Crippen LogP contribution is 2.22. The number of hydrogen-bond acceptors (Lipinski definition) is 4. The topological polar surface area (TPSA) is 50.6 Å². The van der Waals surface area contributed by atoms with E-state index in [4.69, 9.17) is 4.74 Å². The number of aromatic nitrogens is 2. The molecular weight excluding hydrogens is 364 g/mol. The molecular formula is C23H32N4O2. The molecule has 2 saturated heterocycles. The van der Waals surface area contributed by atoms with Crippen LogP contribution in [0.25, 0.3) is 0 Å². The Morgan fingerprint density at radius 3 is 2.31 bits per heavy atom. The minimum absolute atomic E-state index is 0.0948. The predicted octanol–water partition coefficient (Wildman–Crippen LogP) is 3.19. The molecule has 6 nitrogen and oxygen atoms in total. The third-order valence-electron chi connectivity index (χ3n) is 6.10. The molecule has 0 spiro atoms. The molecule has 0 bridgehead atoms. The second-order valence-corrected chi connectivity index (χ2v) is 8.17. The van der Waals surface area contributed by atoms with E-state index < -0.39 is 0 Å². The second kappa shape index (κ2) is 9.55. The van der Waals surface area contributed by atoms with Crippen molar-refractivity contribution in [2.45, 2.75) is 57.9 Å². The lowest BCUT2D eigenvalue weighted by Crippen LogP contribution is -2.43. The largest absolute Gasteiger partial charge is 0.375 e. The minimum Gasteiger partial charge on any atom is -0.375 e. The molecule has 29 heavy (non-hydrogen) atoms. The number of benzene rings is 1. The van der Waals surface area contributed by atoms with Crippen molar-refractivity contribution in [3.05, 3.63) is 53.9 Å². The average molecular weight is 397 g/mol. The van der Waals surface area contributed by atoms with Crippen molar-refractivity contribution in [2.24, 2.45) is 0 Å². The van der Waals surface area contributed by atoms with Gasteiger partial charge < -0.3 is 9.64 Å². The molecule has 2 aliphatic rings. The first-order chi connectivity index (χ1) is 14.2. The number of piperidine rings is 2. The number of carbonyl (C=O) groups is 1. The molecule has 0 saturated carbocycles. The van der Waals surface area contributed by atoms with Crippen molar-refractivity contribution in [2.75, 3.05) is 26.2 Å². The van der Waals surface area contributed by atoms with Crippen molar-refractivity contribution in [1.29, 1.82) is 0 Å². The first-order valence-electron chi connectivity index (χ1n) is 10.9. The molecule has 3 heterocycles. The monoisotopic (exact) mass is 396 g/mol. The molecule has 0 radical (unpaired) electrons. The average Bonchev–Trinajstić information content (AvgIpc) is 3.25. The van der Waals surface area contributed by atoms with Crippen LogP contribution in [0.2, 0.25) is 0 Å². The molecule has 6 heteroatoms. The fourth-order valence-electron chi connectivity index (χ4n) is 4.34. The van der Waals surface area contributed by atoms with E-state index in [9.17, 15) is 4.79 Å². The number of hydrogen-bond donors (Lipinski definition) is 0. The number of nitrogens with zero attached hydrogens (tertiary/aromatic N) is 4. The Morgan fingerprint density at radius 2 is 1.69 bits per heavy atom. The lowest BCUT2D eigenvalue weighted by Gasteiger charge is -2.37. The second-order valence-electron chi connectivity index (χ2n) is 8.17. The summed E-state index contributed by atoms with van der Waals surface area (Å²) in [5.41, 5.74) is 2.07. The maximum atomic E-state index is 12.6. The van der Waals surface area contributed by atoms with Crippen LogP contribution in [-0.2, 0) is 17.8 Å². The highest BCUT2D eigenvalue weighted by Gasteiger charge is 2.28. The van der Waals surface area contributed by atoms with Gasteiger partial charge in [-0.1, -0.05) is 30.3 Å². The predicted molar refractivity (Wildman–Crippen MR) is 113 cm³/mol. The van der Waals surface area contributed by atoms with Crippen molar-refractivity contribution >= 4 is 5.91 Å². The summed E-state index contributed by atoms with van der Waals surface area (Å²) in [5.74, 6) is 0.0948. The van der Waals surface area contributed by atoms with Crippen molar-refractivity contribution < 1.29 is 9.53 Å². The van der Waals surface area contributed by atoms with E-state index in [1.807, 2.05) is 18.0 Å². The van der Waals surface area contributed by atoms with Gasteiger partial charge in [-0.3, -0.25) is 14.4 Å². The quantitative estimate of drug-likeness (QED) is 0.753. The van der Waals surface area contributed by atoms with Gasteiger partial charge in [-0.2, -0.15) is 5.10 Å². The molecule has 0 N–H and O–H groups in total. The van der Waals surface area contributed by atoms with Gasteiger partial charge in [-0.05, 0) is 38.2 Å². The molecule has 0 unspecified atom stereocenters. The normalized spacial score (nSPS) is 19.6. The summed E-state index contributed by atoms with van der Waals surface area (Å²) in [4.78, 5) is 17.1. The van der Waals surface area contributed by atoms with Crippen molar-refractivity contribution in [1.82, 2.24) is 19.6 Å². The van der Waals surface area contributed by atoms with Crippen LogP contribution < -0.4 is 0 Å². The van der Waals surface area contributed by atoms with Gasteiger partial charge in [0.25, 0.3) is 5.91 Å². The fraction of sp³-hybridized carbons (Fsp3) is 0.565. The summed E-state index contributed by atoms with van der Waals surface area (Å²) in [6.45, 7) is 7.57. The summed E-state index contributed by atoms with van der Waals surface area (Å²) in [7, 11) is 0. The van der Waals surface area contributed by atoms with E-state index in [2.05, 4.69) is 40.3 Å². The molecule has 0 aliphatic carbocycles. The zero-order chi connectivity index (χ0) is 20.1. The van der Waals surface area contributed by atoms with Crippen LogP contribution in [0.4, 0.5) is 0 Å². The summed E-state index contributed by atoms with van der Waals surface area (Å²) in [5, 5.41) is 4.22. The van der Waals surface area contributed by atoms with E-state index >= 15 is 0 Å². The molecule has 1 amide bonds. The fourth-order valence-corrected chi connectivity index (χ4v) is 4.34. The Bertz CT molecular complexity index is 775. The Labute approximate surface area is 173 Å². The zero-order valence-corrected chi connectivity index (χ0v) is 17.4. The third-order valence-corrected chi connectivity index (χ3v) is 6.10. The SMILES string of the molecule is CCn1cc(C(=O)N2CCC(OC3CCN(Cc4ccccc4)CC3)CC2)cn1. The zero-order valence-electron chi connectivity index (χ0n) is 17.4. The minimum atomic E-state index is 0.0948. The van der Waals surface area contributed by atoms with Crippen LogP contribution in [0.3, 0.4) is 0 Å². The van der Waals surface area contributed by atoms with Gasteiger partial charge in [0, 0.05) is 45.5 Å². The standard InChI is InChI=1S/C23H32N4O2/c1-2-27-18-20(16-24-27)23(28)26-14-10-22(11-15-26)29-21-8-12-25(13-9-21)17-19-6-4-3-5-7-19/h3-7,16,18,21-22H,2,8-15,17H2,1H3. The molecule has 2 fully saturated rings. The van der Waals surface area contributed by atoms with Gasteiger partial charge in [-0.25, -0.2) is 0 Å². The maximum Gasteiger partial charge on any atom is 0.257 e. The van der Waals surface area contributed by atoms with Crippen LogP contribution >= 0.6 is 0 Å². The summed E-state index contributed by atoms with van der Waals surface area (Å²) >= 11 is 0. The van der Waals surface area contributed by atoms with Crippen LogP contribution in [-0.4, -0.2) is 63.9 Å². The number of likely N-dealkylation sites (tertiary alicyclic amines) is 2. The first kappa shape index (κ1) is 20.1. The van der Waals surface area contributed by atoms with E-state index in [1.54, 1.807) is 10.9 Å². The molecule has 2 aromatic rings. The maximum absolute atomic E-state index is 12.6. The number of aryl methyl sites for hydroxylation is 1. The van der Waals surface area contributed by atoms with Crippen molar-refractivity contribution in [3.63, 3.8) is 0 Å².